The molecule has 0 bridgehead atoms. The normalized spacial score (nSPS) is 13.2. The summed E-state index contributed by atoms with van der Waals surface area (Å²) < 4.78 is 39.8. The van der Waals surface area contributed by atoms with Gasteiger partial charge in [-0.05, 0) is 64.3 Å². The molecule has 3 aromatic rings. The Kier molecular flexibility index (Phi) is 7.49. The topological polar surface area (TPSA) is 120 Å². The van der Waals surface area contributed by atoms with Crippen LogP contribution in [-0.2, 0) is 23.8 Å². The number of carbonyl (C=O) groups excluding carboxylic acids is 1. The van der Waals surface area contributed by atoms with Gasteiger partial charge < -0.3 is 20.6 Å². The molecule has 0 unspecified atom stereocenters. The molecule has 1 aliphatic heterocycles. The van der Waals surface area contributed by atoms with Gasteiger partial charge in [0, 0.05) is 35.6 Å². The van der Waals surface area contributed by atoms with Crippen molar-refractivity contribution >= 4 is 29.3 Å². The van der Waals surface area contributed by atoms with Gasteiger partial charge in [0.05, 0.1) is 34.7 Å². The Labute approximate surface area is 223 Å². The van der Waals surface area contributed by atoms with E-state index in [4.69, 9.17) is 0 Å². The van der Waals surface area contributed by atoms with E-state index >= 15 is 0 Å². The number of halogens is 3. The number of aromatic nitrogens is 3. The number of alkyl halides is 3. The maximum absolute atomic E-state index is 13.3. The largest absolute Gasteiger partial charge is 0.465 e. The van der Waals surface area contributed by atoms with Crippen LogP contribution < -0.4 is 10.6 Å². The quantitative estimate of drug-likeness (QED) is 0.359. The molecule has 3 N–H and O–H groups in total. The fourth-order valence-corrected chi connectivity index (χ4v) is 4.35. The van der Waals surface area contributed by atoms with Crippen molar-refractivity contribution in [1.29, 1.82) is 0 Å². The number of hydrogen-bond donors (Lipinski definition) is 3. The minimum Gasteiger partial charge on any atom is -0.465 e. The van der Waals surface area contributed by atoms with Crippen molar-refractivity contribution in [1.82, 2.24) is 19.9 Å². The Morgan fingerprint density at radius 2 is 1.90 bits per heavy atom. The third-order valence-corrected chi connectivity index (χ3v) is 6.37. The Morgan fingerprint density at radius 3 is 2.56 bits per heavy atom. The summed E-state index contributed by atoms with van der Waals surface area (Å²) in [6.45, 7) is 7.70. The predicted octanol–water partition coefficient (Wildman–Crippen LogP) is 5.82. The molecule has 1 aliphatic rings. The summed E-state index contributed by atoms with van der Waals surface area (Å²) in [4.78, 5) is 38.6. The molecule has 2 aromatic heterocycles. The molecule has 3 heterocycles. The molecule has 0 saturated heterocycles. The standard InChI is InChI=1S/C27H29F3N6O3/c1-15-20(10-16(13-31-15)6-5-9-36(25(38)39)26(2,3)4)34-24-32-14-17-11-22(37)33-21-12-18(27(28,29)30)7-8-19(21)23(17)35-24/h7-8,10,12-14H,5-6,9,11H2,1-4H3,(H,33,37)(H,38,39)(H,32,34,35). The third-order valence-electron chi connectivity index (χ3n) is 6.37. The van der Waals surface area contributed by atoms with Crippen LogP contribution in [0, 0.1) is 6.92 Å². The number of carbonyl (C=O) groups is 2. The SMILES string of the molecule is Cc1ncc(CCCN(C(=O)O)C(C)(C)C)cc1Nc1ncc2c(n1)-c1ccc(C(F)(F)F)cc1NC(=O)C2. The van der Waals surface area contributed by atoms with E-state index in [2.05, 4.69) is 25.6 Å². The average Bonchev–Trinajstić information content (AvgIpc) is 2.96. The zero-order valence-electron chi connectivity index (χ0n) is 22.0. The number of pyridine rings is 1. The van der Waals surface area contributed by atoms with Gasteiger partial charge in [-0.2, -0.15) is 13.2 Å². The number of amides is 2. The molecular formula is C27H29F3N6O3. The average molecular weight is 543 g/mol. The van der Waals surface area contributed by atoms with Gasteiger partial charge in [-0.1, -0.05) is 6.07 Å². The number of aryl methyl sites for hydroxylation is 2. The van der Waals surface area contributed by atoms with Crippen LogP contribution in [0.4, 0.5) is 35.3 Å². The van der Waals surface area contributed by atoms with Crippen LogP contribution in [0.3, 0.4) is 0 Å². The van der Waals surface area contributed by atoms with Crippen molar-refractivity contribution in [3.63, 3.8) is 0 Å². The molecule has 0 aliphatic carbocycles. The number of hydrogen-bond acceptors (Lipinski definition) is 6. The fourth-order valence-electron chi connectivity index (χ4n) is 4.35. The monoisotopic (exact) mass is 542 g/mol. The maximum atomic E-state index is 13.3. The second kappa shape index (κ2) is 10.5. The number of nitrogens with one attached hydrogen (secondary N) is 2. The first kappa shape index (κ1) is 27.8. The van der Waals surface area contributed by atoms with Crippen molar-refractivity contribution in [2.45, 2.75) is 58.7 Å². The zero-order chi connectivity index (χ0) is 28.5. The van der Waals surface area contributed by atoms with Gasteiger partial charge in [0.1, 0.15) is 0 Å². The number of rotatable bonds is 6. The highest BCUT2D eigenvalue weighted by atomic mass is 19.4. The summed E-state index contributed by atoms with van der Waals surface area (Å²) in [6.07, 6.45) is -1.20. The van der Waals surface area contributed by atoms with E-state index in [-0.39, 0.29) is 18.1 Å². The number of benzene rings is 1. The van der Waals surface area contributed by atoms with Crippen LogP contribution in [0.15, 0.2) is 36.7 Å². The van der Waals surface area contributed by atoms with Crippen molar-refractivity contribution in [2.24, 2.45) is 0 Å². The first-order valence-electron chi connectivity index (χ1n) is 12.3. The highest BCUT2D eigenvalue weighted by molar-refractivity contribution is 6.00. The smallest absolute Gasteiger partial charge is 0.416 e. The van der Waals surface area contributed by atoms with Crippen LogP contribution >= 0.6 is 0 Å². The number of carboxylic acid groups (broad SMARTS) is 1. The Morgan fingerprint density at radius 1 is 1.15 bits per heavy atom. The Bertz CT molecular complexity index is 1420. The predicted molar refractivity (Wildman–Crippen MR) is 140 cm³/mol. The summed E-state index contributed by atoms with van der Waals surface area (Å²) in [5.41, 5.74) is 2.04. The molecule has 12 heteroatoms. The lowest BCUT2D eigenvalue weighted by Crippen LogP contribution is -2.45. The lowest BCUT2D eigenvalue weighted by atomic mass is 10.0. The van der Waals surface area contributed by atoms with E-state index in [0.29, 0.717) is 47.6 Å². The highest BCUT2D eigenvalue weighted by Crippen LogP contribution is 2.38. The summed E-state index contributed by atoms with van der Waals surface area (Å²) in [5, 5.41) is 15.2. The number of fused-ring (bicyclic) bond motifs is 3. The van der Waals surface area contributed by atoms with Crippen LogP contribution in [-0.4, -0.2) is 49.0 Å². The van der Waals surface area contributed by atoms with E-state index in [1.165, 1.54) is 17.2 Å². The summed E-state index contributed by atoms with van der Waals surface area (Å²) in [6, 6.07) is 5.04. The van der Waals surface area contributed by atoms with Crippen LogP contribution in [0.2, 0.25) is 0 Å². The molecule has 0 atom stereocenters. The molecule has 4 rings (SSSR count). The number of anilines is 3. The van der Waals surface area contributed by atoms with Gasteiger partial charge in [0.25, 0.3) is 0 Å². The summed E-state index contributed by atoms with van der Waals surface area (Å²) in [7, 11) is 0. The van der Waals surface area contributed by atoms with Crippen LogP contribution in [0.5, 0.6) is 0 Å². The van der Waals surface area contributed by atoms with Crippen LogP contribution in [0.1, 0.15) is 49.6 Å². The van der Waals surface area contributed by atoms with Crippen molar-refractivity contribution in [3.05, 3.63) is 59.0 Å². The molecule has 0 spiro atoms. The number of nitrogens with zero attached hydrogens (tertiary/aromatic N) is 4. The molecule has 0 saturated carbocycles. The van der Waals surface area contributed by atoms with Gasteiger partial charge >= 0.3 is 12.3 Å². The van der Waals surface area contributed by atoms with Crippen molar-refractivity contribution in [3.8, 4) is 11.3 Å². The van der Waals surface area contributed by atoms with Gasteiger partial charge in [0.15, 0.2) is 0 Å². The minimum atomic E-state index is -4.55. The Hall–Kier alpha value is -4.22. The molecule has 0 radical (unpaired) electrons. The second-order valence-electron chi connectivity index (χ2n) is 10.4. The molecule has 0 fully saturated rings. The fraction of sp³-hybridized carbons (Fsp3) is 0.370. The van der Waals surface area contributed by atoms with Gasteiger partial charge in [-0.3, -0.25) is 9.78 Å². The summed E-state index contributed by atoms with van der Waals surface area (Å²) in [5.74, 6) is -0.264. The molecule has 206 valence electrons. The van der Waals surface area contributed by atoms with Crippen molar-refractivity contribution in [2.75, 3.05) is 17.2 Å². The molecule has 2 amide bonds. The van der Waals surface area contributed by atoms with Crippen LogP contribution in [0.25, 0.3) is 11.3 Å². The van der Waals surface area contributed by atoms with Gasteiger partial charge in [-0.25, -0.2) is 14.8 Å². The van der Waals surface area contributed by atoms with Gasteiger partial charge in [0.2, 0.25) is 11.9 Å². The second-order valence-corrected chi connectivity index (χ2v) is 10.4. The highest BCUT2D eigenvalue weighted by Gasteiger charge is 2.32. The molecule has 1 aromatic carbocycles. The van der Waals surface area contributed by atoms with E-state index in [0.717, 1.165) is 17.7 Å². The van der Waals surface area contributed by atoms with Crippen molar-refractivity contribution < 1.29 is 27.9 Å². The first-order chi connectivity index (χ1) is 18.2. The zero-order valence-corrected chi connectivity index (χ0v) is 22.0. The molecular weight excluding hydrogens is 513 g/mol. The maximum Gasteiger partial charge on any atom is 0.416 e. The molecule has 39 heavy (non-hydrogen) atoms. The lowest BCUT2D eigenvalue weighted by molar-refractivity contribution is -0.137. The summed E-state index contributed by atoms with van der Waals surface area (Å²) >= 11 is 0. The van der Waals surface area contributed by atoms with E-state index in [1.54, 1.807) is 13.1 Å². The molecule has 9 nitrogen and oxygen atoms in total. The van der Waals surface area contributed by atoms with E-state index in [9.17, 15) is 27.9 Å². The minimum absolute atomic E-state index is 0.0312. The van der Waals surface area contributed by atoms with E-state index in [1.807, 2.05) is 26.8 Å². The van der Waals surface area contributed by atoms with Gasteiger partial charge in [-0.15, -0.1) is 0 Å². The third kappa shape index (κ3) is 6.44. The lowest BCUT2D eigenvalue weighted by Gasteiger charge is -2.33. The first-order valence-corrected chi connectivity index (χ1v) is 12.3. The Balaban J connectivity index is 1.57. The van der Waals surface area contributed by atoms with E-state index < -0.39 is 29.3 Å².